The van der Waals surface area contributed by atoms with E-state index in [0.29, 0.717) is 16.7 Å². The lowest BCUT2D eigenvalue weighted by atomic mass is 10.2. The SMILES string of the molecule is CC(C)Sc1ccc2n[nH]c(CC(N)=S)c2c1. The number of nitrogens with two attached hydrogens (primary N) is 1. The second kappa shape index (κ2) is 5.06. The summed E-state index contributed by atoms with van der Waals surface area (Å²) in [4.78, 5) is 1.73. The van der Waals surface area contributed by atoms with Crippen LogP contribution in [-0.4, -0.2) is 20.4 Å². The maximum Gasteiger partial charge on any atom is 0.0924 e. The normalized spacial score (nSPS) is 11.2. The summed E-state index contributed by atoms with van der Waals surface area (Å²) in [5.74, 6) is 0. The lowest BCUT2D eigenvalue weighted by molar-refractivity contribution is 1.04. The van der Waals surface area contributed by atoms with Crippen LogP contribution in [-0.2, 0) is 6.42 Å². The van der Waals surface area contributed by atoms with Crippen LogP contribution in [0.3, 0.4) is 0 Å². The highest BCUT2D eigenvalue weighted by Crippen LogP contribution is 2.27. The highest BCUT2D eigenvalue weighted by molar-refractivity contribution is 7.99. The number of nitrogens with one attached hydrogen (secondary N) is 1. The van der Waals surface area contributed by atoms with Crippen molar-refractivity contribution in [1.29, 1.82) is 0 Å². The van der Waals surface area contributed by atoms with Gasteiger partial charge in [-0.3, -0.25) is 5.10 Å². The molecular formula is C12H15N3S2. The van der Waals surface area contributed by atoms with Crippen molar-refractivity contribution in [3.63, 3.8) is 0 Å². The fraction of sp³-hybridized carbons (Fsp3) is 0.333. The lowest BCUT2D eigenvalue weighted by Gasteiger charge is -2.04. The highest BCUT2D eigenvalue weighted by Gasteiger charge is 2.08. The van der Waals surface area contributed by atoms with Gasteiger partial charge in [-0.25, -0.2) is 0 Å². The van der Waals surface area contributed by atoms with Crippen molar-refractivity contribution >= 4 is 39.9 Å². The van der Waals surface area contributed by atoms with Crippen LogP contribution in [0, 0.1) is 0 Å². The Kier molecular flexibility index (Phi) is 3.69. The van der Waals surface area contributed by atoms with Gasteiger partial charge in [-0.2, -0.15) is 5.10 Å². The molecule has 0 radical (unpaired) electrons. The van der Waals surface area contributed by atoms with Crippen LogP contribution in [0.15, 0.2) is 23.1 Å². The molecule has 2 aromatic rings. The van der Waals surface area contributed by atoms with E-state index in [-0.39, 0.29) is 0 Å². The number of nitrogens with zero attached hydrogens (tertiary/aromatic N) is 1. The number of aromatic nitrogens is 2. The van der Waals surface area contributed by atoms with Gasteiger partial charge in [-0.1, -0.05) is 26.1 Å². The molecule has 0 fully saturated rings. The standard InChI is InChI=1S/C12H15N3S2/c1-7(2)17-8-3-4-10-9(5-8)11(15-14-10)6-12(13)16/h3-5,7H,6H2,1-2H3,(H2,13,16)(H,14,15). The van der Waals surface area contributed by atoms with Crippen LogP contribution >= 0.6 is 24.0 Å². The van der Waals surface area contributed by atoms with E-state index in [1.807, 2.05) is 17.8 Å². The molecule has 17 heavy (non-hydrogen) atoms. The average Bonchev–Trinajstić information content (AvgIpc) is 2.59. The molecule has 3 N–H and O–H groups in total. The Bertz CT molecular complexity index is 546. The molecule has 2 rings (SSSR count). The van der Waals surface area contributed by atoms with Crippen LogP contribution in [0.25, 0.3) is 10.9 Å². The fourth-order valence-corrected chi connectivity index (χ4v) is 2.72. The van der Waals surface area contributed by atoms with Crippen LogP contribution in [0.5, 0.6) is 0 Å². The van der Waals surface area contributed by atoms with Gasteiger partial charge in [0, 0.05) is 27.6 Å². The first-order valence-corrected chi connectivity index (χ1v) is 6.77. The molecule has 90 valence electrons. The molecule has 5 heteroatoms. The third-order valence-electron chi connectivity index (χ3n) is 2.33. The van der Waals surface area contributed by atoms with Crippen LogP contribution in [0.4, 0.5) is 0 Å². The lowest BCUT2D eigenvalue weighted by Crippen LogP contribution is -2.11. The van der Waals surface area contributed by atoms with Crippen molar-refractivity contribution in [2.24, 2.45) is 5.73 Å². The zero-order valence-corrected chi connectivity index (χ0v) is 11.5. The molecule has 0 saturated heterocycles. The number of fused-ring (bicyclic) bond motifs is 1. The summed E-state index contributed by atoms with van der Waals surface area (Å²) in [5, 5.41) is 8.92. The van der Waals surface area contributed by atoms with Gasteiger partial charge in [0.05, 0.1) is 10.5 Å². The molecule has 0 bridgehead atoms. The second-order valence-electron chi connectivity index (χ2n) is 4.19. The summed E-state index contributed by atoms with van der Waals surface area (Å²) < 4.78 is 0. The zero-order valence-electron chi connectivity index (χ0n) is 9.86. The third kappa shape index (κ3) is 2.98. The van der Waals surface area contributed by atoms with Gasteiger partial charge in [-0.15, -0.1) is 11.8 Å². The molecule has 0 saturated carbocycles. The summed E-state index contributed by atoms with van der Waals surface area (Å²) >= 11 is 6.77. The van der Waals surface area contributed by atoms with Crippen molar-refractivity contribution in [3.8, 4) is 0 Å². The predicted octanol–water partition coefficient (Wildman–Crippen LogP) is 2.89. The number of hydrogen-bond acceptors (Lipinski definition) is 3. The van der Waals surface area contributed by atoms with E-state index in [4.69, 9.17) is 18.0 Å². The molecule has 0 aliphatic heterocycles. The van der Waals surface area contributed by atoms with E-state index in [0.717, 1.165) is 16.6 Å². The largest absolute Gasteiger partial charge is 0.393 e. The zero-order chi connectivity index (χ0) is 12.4. The van der Waals surface area contributed by atoms with Gasteiger partial charge >= 0.3 is 0 Å². The van der Waals surface area contributed by atoms with E-state index in [1.165, 1.54) is 4.90 Å². The van der Waals surface area contributed by atoms with E-state index in [2.05, 4.69) is 36.2 Å². The molecule has 0 aliphatic carbocycles. The van der Waals surface area contributed by atoms with E-state index in [1.54, 1.807) is 0 Å². The van der Waals surface area contributed by atoms with Crippen LogP contribution in [0.2, 0.25) is 0 Å². The van der Waals surface area contributed by atoms with Gasteiger partial charge in [-0.05, 0) is 18.2 Å². The van der Waals surface area contributed by atoms with Crippen LogP contribution in [0.1, 0.15) is 19.5 Å². The molecule has 3 nitrogen and oxygen atoms in total. The van der Waals surface area contributed by atoms with Gasteiger partial charge in [0.2, 0.25) is 0 Å². The van der Waals surface area contributed by atoms with Crippen molar-refractivity contribution in [3.05, 3.63) is 23.9 Å². The molecule has 1 aromatic carbocycles. The Morgan fingerprint density at radius 3 is 2.94 bits per heavy atom. The molecule has 0 atom stereocenters. The maximum absolute atomic E-state index is 5.57. The number of hydrogen-bond donors (Lipinski definition) is 2. The van der Waals surface area contributed by atoms with Crippen LogP contribution < -0.4 is 5.73 Å². The first-order chi connectivity index (χ1) is 8.06. The summed E-state index contributed by atoms with van der Waals surface area (Å²) in [6, 6.07) is 6.27. The molecule has 0 aliphatic rings. The first kappa shape index (κ1) is 12.4. The number of H-pyrrole nitrogens is 1. The molecule has 0 amide bonds. The van der Waals surface area contributed by atoms with E-state index in [9.17, 15) is 0 Å². The maximum atomic E-state index is 5.57. The quantitative estimate of drug-likeness (QED) is 0.659. The topological polar surface area (TPSA) is 54.7 Å². The average molecular weight is 265 g/mol. The Morgan fingerprint density at radius 1 is 1.53 bits per heavy atom. The van der Waals surface area contributed by atoms with Crippen molar-refractivity contribution < 1.29 is 0 Å². The molecule has 1 heterocycles. The molecule has 1 aromatic heterocycles. The Hall–Kier alpha value is -1.07. The van der Waals surface area contributed by atoms with E-state index < -0.39 is 0 Å². The Labute approximate surface area is 110 Å². The minimum Gasteiger partial charge on any atom is -0.393 e. The Morgan fingerprint density at radius 2 is 2.29 bits per heavy atom. The predicted molar refractivity (Wildman–Crippen MR) is 77.6 cm³/mol. The summed E-state index contributed by atoms with van der Waals surface area (Å²) in [5.41, 5.74) is 7.53. The molecular weight excluding hydrogens is 250 g/mol. The second-order valence-corrected chi connectivity index (χ2v) is 6.37. The highest BCUT2D eigenvalue weighted by atomic mass is 32.2. The summed E-state index contributed by atoms with van der Waals surface area (Å²) in [6.45, 7) is 4.36. The summed E-state index contributed by atoms with van der Waals surface area (Å²) in [6.07, 6.45) is 0.571. The van der Waals surface area contributed by atoms with E-state index >= 15 is 0 Å². The van der Waals surface area contributed by atoms with Crippen molar-refractivity contribution in [2.45, 2.75) is 30.4 Å². The number of thiocarbonyl (C=S) groups is 1. The van der Waals surface area contributed by atoms with Crippen molar-refractivity contribution in [2.75, 3.05) is 0 Å². The van der Waals surface area contributed by atoms with Gasteiger partial charge < -0.3 is 5.73 Å². The number of aromatic amines is 1. The minimum atomic E-state index is 0.484. The van der Waals surface area contributed by atoms with Gasteiger partial charge in [0.25, 0.3) is 0 Å². The molecule has 0 spiro atoms. The third-order valence-corrected chi connectivity index (χ3v) is 3.47. The fourth-order valence-electron chi connectivity index (χ4n) is 1.70. The number of benzene rings is 1. The monoisotopic (exact) mass is 265 g/mol. The molecule has 0 unspecified atom stereocenters. The number of rotatable bonds is 4. The first-order valence-electron chi connectivity index (χ1n) is 5.48. The van der Waals surface area contributed by atoms with Gasteiger partial charge in [0.15, 0.2) is 0 Å². The number of thioether (sulfide) groups is 1. The smallest absolute Gasteiger partial charge is 0.0924 e. The summed E-state index contributed by atoms with van der Waals surface area (Å²) in [7, 11) is 0. The minimum absolute atomic E-state index is 0.484. The van der Waals surface area contributed by atoms with Gasteiger partial charge in [0.1, 0.15) is 0 Å². The Balaban J connectivity index is 2.39. The van der Waals surface area contributed by atoms with Crippen molar-refractivity contribution in [1.82, 2.24) is 10.2 Å².